The standard InChI is InChI=1S/C41H56O7.CH4/c1-28(15-9-10-16-29(2)18-12-20-31(4)24-25-34-32(5)23-14-26-41(34,7)8)17-11-19-30(3)21-13-22-33(6)39(46)48-40-38(45)37(44)36(43)35(27-42)47-40;/h9-13,15-22,24-25,35-38,40,42-45H,14,23,26-27H2,1-8H3;1H4/b10-9+,17-11+,18-12+,21-13+,25-24+,28-15+,29-16+,30-19+,31-20+,33-22+;/t35-,36-,37?,38?,40+;/m1./s1. The summed E-state index contributed by atoms with van der Waals surface area (Å²) in [6, 6.07) is 0. The van der Waals surface area contributed by atoms with E-state index in [4.69, 9.17) is 9.47 Å². The number of carbonyl (C=O) groups is 1. The molecular formula is C42H60O7. The second-order valence-corrected chi connectivity index (χ2v) is 13.3. The second-order valence-electron chi connectivity index (χ2n) is 13.3. The molecule has 1 fully saturated rings. The van der Waals surface area contributed by atoms with Crippen LogP contribution in [0.1, 0.15) is 82.1 Å². The fourth-order valence-electron chi connectivity index (χ4n) is 5.34. The van der Waals surface area contributed by atoms with Gasteiger partial charge in [0.25, 0.3) is 0 Å². The van der Waals surface area contributed by atoms with E-state index in [-0.39, 0.29) is 18.4 Å². The van der Waals surface area contributed by atoms with Gasteiger partial charge in [0.2, 0.25) is 6.29 Å². The van der Waals surface area contributed by atoms with E-state index < -0.39 is 43.3 Å². The van der Waals surface area contributed by atoms with E-state index in [2.05, 4.69) is 71.1 Å². The van der Waals surface area contributed by atoms with Crippen molar-refractivity contribution in [3.05, 3.63) is 130 Å². The zero-order valence-electron chi connectivity index (χ0n) is 29.9. The van der Waals surface area contributed by atoms with Gasteiger partial charge in [0.1, 0.15) is 24.4 Å². The first-order chi connectivity index (χ1) is 22.7. The van der Waals surface area contributed by atoms with E-state index in [1.165, 1.54) is 36.0 Å². The maximum absolute atomic E-state index is 12.4. The largest absolute Gasteiger partial charge is 0.429 e. The van der Waals surface area contributed by atoms with Crippen molar-refractivity contribution in [1.82, 2.24) is 0 Å². The third-order valence-electron chi connectivity index (χ3n) is 8.42. The van der Waals surface area contributed by atoms with Gasteiger partial charge in [0.15, 0.2) is 0 Å². The van der Waals surface area contributed by atoms with Crippen LogP contribution in [0.4, 0.5) is 0 Å². The van der Waals surface area contributed by atoms with Crippen molar-refractivity contribution in [3.8, 4) is 0 Å². The number of allylic oxidation sites excluding steroid dienone is 21. The molecule has 1 aliphatic heterocycles. The molecule has 7 nitrogen and oxygen atoms in total. The second kappa shape index (κ2) is 21.5. The van der Waals surface area contributed by atoms with Crippen molar-refractivity contribution in [3.63, 3.8) is 0 Å². The van der Waals surface area contributed by atoms with Gasteiger partial charge in [-0.25, -0.2) is 4.79 Å². The number of aliphatic hydroxyl groups excluding tert-OH is 4. The van der Waals surface area contributed by atoms with Crippen LogP contribution in [0.2, 0.25) is 0 Å². The van der Waals surface area contributed by atoms with Crippen LogP contribution in [0.15, 0.2) is 130 Å². The Labute approximate surface area is 295 Å². The van der Waals surface area contributed by atoms with Crippen LogP contribution >= 0.6 is 0 Å². The van der Waals surface area contributed by atoms with Crippen molar-refractivity contribution in [1.29, 1.82) is 0 Å². The number of ether oxygens (including phenoxy) is 2. The van der Waals surface area contributed by atoms with Gasteiger partial charge >= 0.3 is 5.97 Å². The van der Waals surface area contributed by atoms with Gasteiger partial charge in [-0.15, -0.1) is 0 Å². The fraction of sp³-hybridized carbons (Fsp3) is 0.452. The Bertz CT molecular complexity index is 1440. The van der Waals surface area contributed by atoms with Crippen LogP contribution < -0.4 is 0 Å². The maximum atomic E-state index is 12.4. The molecule has 0 aromatic rings. The predicted molar refractivity (Wildman–Crippen MR) is 201 cm³/mol. The number of carbonyl (C=O) groups excluding carboxylic acids is 1. The molecule has 49 heavy (non-hydrogen) atoms. The molecule has 1 saturated heterocycles. The minimum absolute atomic E-state index is 0. The number of aliphatic hydroxyl groups is 4. The lowest BCUT2D eigenvalue weighted by atomic mass is 9.72. The van der Waals surface area contributed by atoms with Crippen molar-refractivity contribution >= 4 is 5.97 Å². The summed E-state index contributed by atoms with van der Waals surface area (Å²) < 4.78 is 10.3. The zero-order valence-corrected chi connectivity index (χ0v) is 29.9. The average molecular weight is 677 g/mol. The fourth-order valence-corrected chi connectivity index (χ4v) is 5.34. The number of hydrogen-bond donors (Lipinski definition) is 4. The highest BCUT2D eigenvalue weighted by Gasteiger charge is 2.45. The molecule has 4 N–H and O–H groups in total. The molecule has 0 aromatic carbocycles. The molecule has 7 heteroatoms. The number of esters is 1. The van der Waals surface area contributed by atoms with Crippen molar-refractivity contribution in [2.24, 2.45) is 5.41 Å². The SMILES string of the molecule is C.CC1=C(/C=C/C(C)=C/C=C/C(C)=C/C=C/C=C(C)/C=C/C=C(C)/C=C/C=C(\C)C(=O)O[C@@H]2O[C@H](CO)[C@@H](O)C(O)C2O)C(C)(C)CCC1. The summed E-state index contributed by atoms with van der Waals surface area (Å²) in [5.74, 6) is -0.762. The predicted octanol–water partition coefficient (Wildman–Crippen LogP) is 8.00. The van der Waals surface area contributed by atoms with E-state index >= 15 is 0 Å². The van der Waals surface area contributed by atoms with Crippen molar-refractivity contribution in [2.75, 3.05) is 6.61 Å². The molecule has 2 aliphatic rings. The van der Waals surface area contributed by atoms with Crippen LogP contribution in [0.5, 0.6) is 0 Å². The molecule has 0 amide bonds. The summed E-state index contributed by atoms with van der Waals surface area (Å²) in [7, 11) is 0. The lowest BCUT2D eigenvalue weighted by Crippen LogP contribution is -2.59. The van der Waals surface area contributed by atoms with Crippen LogP contribution in [0.3, 0.4) is 0 Å². The molecular weight excluding hydrogens is 616 g/mol. The minimum atomic E-state index is -1.64. The molecule has 0 saturated carbocycles. The van der Waals surface area contributed by atoms with Crippen LogP contribution in [0, 0.1) is 5.41 Å². The van der Waals surface area contributed by atoms with E-state index in [0.717, 1.165) is 16.7 Å². The smallest absolute Gasteiger partial charge is 0.336 e. The Morgan fingerprint density at radius 3 is 1.78 bits per heavy atom. The molecule has 5 atom stereocenters. The highest BCUT2D eigenvalue weighted by Crippen LogP contribution is 2.40. The average Bonchev–Trinajstić information content (AvgIpc) is 3.02. The quantitative estimate of drug-likeness (QED) is 0.0888. The highest BCUT2D eigenvalue weighted by molar-refractivity contribution is 5.88. The first-order valence-corrected chi connectivity index (χ1v) is 16.6. The Morgan fingerprint density at radius 2 is 1.27 bits per heavy atom. The Kier molecular flexibility index (Phi) is 19.0. The third kappa shape index (κ3) is 14.8. The summed E-state index contributed by atoms with van der Waals surface area (Å²) in [6.07, 6.45) is 26.3. The van der Waals surface area contributed by atoms with Gasteiger partial charge < -0.3 is 29.9 Å². The molecule has 2 unspecified atom stereocenters. The van der Waals surface area contributed by atoms with Crippen LogP contribution in [-0.2, 0) is 14.3 Å². The molecule has 0 spiro atoms. The topological polar surface area (TPSA) is 116 Å². The normalized spacial score (nSPS) is 26.5. The van der Waals surface area contributed by atoms with E-state index in [9.17, 15) is 25.2 Å². The molecule has 1 heterocycles. The molecule has 0 radical (unpaired) electrons. The lowest BCUT2D eigenvalue weighted by Gasteiger charge is -2.39. The third-order valence-corrected chi connectivity index (χ3v) is 8.42. The van der Waals surface area contributed by atoms with Gasteiger partial charge in [-0.3, -0.25) is 0 Å². The van der Waals surface area contributed by atoms with Crippen LogP contribution in [0.25, 0.3) is 0 Å². The summed E-state index contributed by atoms with van der Waals surface area (Å²) >= 11 is 0. The lowest BCUT2D eigenvalue weighted by molar-refractivity contribution is -0.291. The zero-order chi connectivity index (χ0) is 35.9. The maximum Gasteiger partial charge on any atom is 0.336 e. The van der Waals surface area contributed by atoms with Gasteiger partial charge in [-0.2, -0.15) is 0 Å². The summed E-state index contributed by atoms with van der Waals surface area (Å²) in [6.45, 7) is 16.1. The summed E-state index contributed by atoms with van der Waals surface area (Å²) in [4.78, 5) is 12.4. The number of hydrogen-bond acceptors (Lipinski definition) is 7. The monoisotopic (exact) mass is 676 g/mol. The number of rotatable bonds is 13. The van der Waals surface area contributed by atoms with Gasteiger partial charge in [0.05, 0.1) is 6.61 Å². The summed E-state index contributed by atoms with van der Waals surface area (Å²) in [5, 5.41) is 39.0. The highest BCUT2D eigenvalue weighted by atomic mass is 16.7. The van der Waals surface area contributed by atoms with Crippen molar-refractivity contribution in [2.45, 2.75) is 113 Å². The van der Waals surface area contributed by atoms with Crippen LogP contribution in [-0.4, -0.2) is 63.7 Å². The molecule has 2 rings (SSSR count). The molecule has 270 valence electrons. The van der Waals surface area contributed by atoms with Gasteiger partial charge in [-0.1, -0.05) is 140 Å². The molecule has 0 bridgehead atoms. The van der Waals surface area contributed by atoms with Gasteiger partial charge in [0, 0.05) is 5.57 Å². The molecule has 0 aromatic heterocycles. The summed E-state index contributed by atoms with van der Waals surface area (Å²) in [5.41, 5.74) is 7.91. The van der Waals surface area contributed by atoms with E-state index in [0.29, 0.717) is 0 Å². The first kappa shape index (κ1) is 43.4. The Balaban J connectivity index is 0.0000120. The van der Waals surface area contributed by atoms with Crippen molar-refractivity contribution < 1.29 is 34.7 Å². The first-order valence-electron chi connectivity index (χ1n) is 16.6. The van der Waals surface area contributed by atoms with E-state index in [1.54, 1.807) is 19.1 Å². The Hall–Kier alpha value is -3.59. The molecule has 1 aliphatic carbocycles. The van der Waals surface area contributed by atoms with Gasteiger partial charge in [-0.05, 0) is 71.8 Å². The Morgan fingerprint density at radius 1 is 0.776 bits per heavy atom. The minimum Gasteiger partial charge on any atom is -0.429 e. The van der Waals surface area contributed by atoms with E-state index in [1.807, 2.05) is 56.4 Å².